The molecule has 11 heteroatoms. The lowest BCUT2D eigenvalue weighted by Crippen LogP contribution is -2.44. The molecule has 0 bridgehead atoms. The number of carbonyl (C=O) groups is 2. The third-order valence-electron chi connectivity index (χ3n) is 6.12. The summed E-state index contributed by atoms with van der Waals surface area (Å²) in [6.45, 7) is 4.00. The van der Waals surface area contributed by atoms with Gasteiger partial charge in [-0.3, -0.25) is 9.59 Å². The second kappa shape index (κ2) is 9.86. The second-order valence-electron chi connectivity index (χ2n) is 8.74. The summed E-state index contributed by atoms with van der Waals surface area (Å²) < 4.78 is 44.9. The fourth-order valence-electron chi connectivity index (χ4n) is 4.36. The molecule has 192 valence electrons. The minimum Gasteiger partial charge on any atom is -0.464 e. The number of thioether (sulfide) groups is 1. The number of halogens is 3. The molecule has 0 aliphatic carbocycles. The summed E-state index contributed by atoms with van der Waals surface area (Å²) in [5, 5.41) is 3.66. The van der Waals surface area contributed by atoms with Gasteiger partial charge in [0, 0.05) is 17.7 Å². The molecule has 3 heterocycles. The van der Waals surface area contributed by atoms with E-state index in [-0.39, 0.29) is 35.0 Å². The van der Waals surface area contributed by atoms with Crippen LogP contribution in [0.4, 0.5) is 13.2 Å². The van der Waals surface area contributed by atoms with Crippen molar-refractivity contribution in [2.75, 3.05) is 18.2 Å². The van der Waals surface area contributed by atoms with E-state index in [1.807, 2.05) is 38.1 Å². The van der Waals surface area contributed by atoms with Gasteiger partial charge in [-0.25, -0.2) is 4.98 Å². The van der Waals surface area contributed by atoms with Gasteiger partial charge in [-0.1, -0.05) is 29.8 Å². The Kier molecular flexibility index (Phi) is 6.76. The summed E-state index contributed by atoms with van der Waals surface area (Å²) in [6, 6.07) is 10.9. The Hall–Kier alpha value is -3.31. The largest absolute Gasteiger partial charge is 0.464 e. The van der Waals surface area contributed by atoms with Crippen molar-refractivity contribution in [3.05, 3.63) is 76.1 Å². The number of aryl methyl sites for hydroxylation is 2. The first-order chi connectivity index (χ1) is 17.6. The van der Waals surface area contributed by atoms with Gasteiger partial charge in [-0.2, -0.15) is 13.2 Å². The summed E-state index contributed by atoms with van der Waals surface area (Å²) in [5.41, 5.74) is 1.16. The quantitative estimate of drug-likeness (QED) is 0.326. The van der Waals surface area contributed by atoms with Gasteiger partial charge >= 0.3 is 6.18 Å². The highest BCUT2D eigenvalue weighted by Crippen LogP contribution is 2.37. The standard InChI is InChI=1S/C26H22F3N3O3S2/c1-14-4-3-5-16(10-14)23-21(31-15(2)37-23)25(34)32-13-36-12-17(32)11-30-24(33)19-6-7-20(26(27,28)29)22-18(19)8-9-35-22/h3-10,17H,11-13H2,1-2H3,(H,30,33)/t17-/m1/s1. The van der Waals surface area contributed by atoms with E-state index in [2.05, 4.69) is 10.3 Å². The molecule has 37 heavy (non-hydrogen) atoms. The third kappa shape index (κ3) is 4.97. The Labute approximate surface area is 218 Å². The zero-order valence-corrected chi connectivity index (χ0v) is 21.5. The van der Waals surface area contributed by atoms with E-state index < -0.39 is 17.6 Å². The number of hydrogen-bond donors (Lipinski definition) is 1. The molecule has 0 radical (unpaired) electrons. The summed E-state index contributed by atoms with van der Waals surface area (Å²) in [5.74, 6) is 0.324. The number of amides is 2. The van der Waals surface area contributed by atoms with Gasteiger partial charge in [0.2, 0.25) is 0 Å². The van der Waals surface area contributed by atoms with E-state index >= 15 is 0 Å². The van der Waals surface area contributed by atoms with Crippen LogP contribution < -0.4 is 5.32 Å². The number of nitrogens with zero attached hydrogens (tertiary/aromatic N) is 2. The number of rotatable bonds is 5. The second-order valence-corrected chi connectivity index (χ2v) is 10.9. The van der Waals surface area contributed by atoms with Crippen molar-refractivity contribution in [2.24, 2.45) is 0 Å². The highest BCUT2D eigenvalue weighted by molar-refractivity contribution is 7.99. The van der Waals surface area contributed by atoms with Crippen molar-refractivity contribution in [3.8, 4) is 10.4 Å². The number of fused-ring (bicyclic) bond motifs is 1. The molecular formula is C26H22F3N3O3S2. The maximum Gasteiger partial charge on any atom is 0.420 e. The first-order valence-corrected chi connectivity index (χ1v) is 13.4. The number of carbonyl (C=O) groups excluding carboxylic acids is 2. The number of alkyl halides is 3. The summed E-state index contributed by atoms with van der Waals surface area (Å²) in [7, 11) is 0. The molecule has 1 saturated heterocycles. The van der Waals surface area contributed by atoms with Crippen molar-refractivity contribution < 1.29 is 27.2 Å². The molecule has 1 atom stereocenters. The van der Waals surface area contributed by atoms with E-state index in [1.54, 1.807) is 16.7 Å². The smallest absolute Gasteiger partial charge is 0.420 e. The van der Waals surface area contributed by atoms with Crippen LogP contribution in [-0.2, 0) is 6.18 Å². The van der Waals surface area contributed by atoms with E-state index in [1.165, 1.54) is 17.4 Å². The molecule has 1 aliphatic heterocycles. The van der Waals surface area contributed by atoms with Crippen LogP contribution in [0.1, 0.15) is 37.0 Å². The Morgan fingerprint density at radius 2 is 2.00 bits per heavy atom. The molecule has 1 fully saturated rings. The lowest BCUT2D eigenvalue weighted by Gasteiger charge is -2.24. The number of thiazole rings is 1. The average molecular weight is 546 g/mol. The molecule has 2 amide bonds. The van der Waals surface area contributed by atoms with E-state index in [0.29, 0.717) is 17.3 Å². The molecule has 2 aromatic carbocycles. The highest BCUT2D eigenvalue weighted by Gasteiger charge is 2.36. The Balaban J connectivity index is 1.34. The van der Waals surface area contributed by atoms with Crippen LogP contribution >= 0.6 is 23.1 Å². The van der Waals surface area contributed by atoms with Crippen molar-refractivity contribution >= 4 is 45.9 Å². The molecular weight excluding hydrogens is 523 g/mol. The predicted octanol–water partition coefficient (Wildman–Crippen LogP) is 6.14. The van der Waals surface area contributed by atoms with Gasteiger partial charge in [0.15, 0.2) is 0 Å². The Morgan fingerprint density at radius 1 is 1.19 bits per heavy atom. The lowest BCUT2D eigenvalue weighted by molar-refractivity contribution is -0.136. The van der Waals surface area contributed by atoms with E-state index in [9.17, 15) is 22.8 Å². The first kappa shape index (κ1) is 25.3. The molecule has 1 N–H and O–H groups in total. The minimum atomic E-state index is -4.60. The molecule has 2 aromatic heterocycles. The molecule has 1 aliphatic rings. The zero-order chi connectivity index (χ0) is 26.3. The van der Waals surface area contributed by atoms with Crippen LogP contribution in [-0.4, -0.2) is 45.9 Å². The van der Waals surface area contributed by atoms with Gasteiger partial charge < -0.3 is 14.6 Å². The molecule has 6 nitrogen and oxygen atoms in total. The molecule has 0 saturated carbocycles. The predicted molar refractivity (Wildman–Crippen MR) is 138 cm³/mol. The Morgan fingerprint density at radius 3 is 2.76 bits per heavy atom. The van der Waals surface area contributed by atoms with Gasteiger partial charge in [-0.15, -0.1) is 23.1 Å². The maximum absolute atomic E-state index is 13.6. The maximum atomic E-state index is 13.6. The first-order valence-electron chi connectivity index (χ1n) is 11.4. The van der Waals surface area contributed by atoms with Gasteiger partial charge in [0.1, 0.15) is 11.3 Å². The minimum absolute atomic E-state index is 0.0807. The summed E-state index contributed by atoms with van der Waals surface area (Å²) >= 11 is 3.03. The van der Waals surface area contributed by atoms with Gasteiger partial charge in [0.25, 0.3) is 11.8 Å². The Bertz CT molecular complexity index is 1500. The lowest BCUT2D eigenvalue weighted by atomic mass is 10.0. The number of aromatic nitrogens is 1. The fraction of sp³-hybridized carbons (Fsp3) is 0.269. The van der Waals surface area contributed by atoms with Crippen LogP contribution in [0, 0.1) is 13.8 Å². The number of benzene rings is 2. The zero-order valence-electron chi connectivity index (χ0n) is 19.9. The number of hydrogen-bond acceptors (Lipinski definition) is 6. The van der Waals surface area contributed by atoms with E-state index in [4.69, 9.17) is 4.42 Å². The summed E-state index contributed by atoms with van der Waals surface area (Å²) in [4.78, 5) is 33.5. The fourth-order valence-corrected chi connectivity index (χ4v) is 6.46. The third-order valence-corrected chi connectivity index (χ3v) is 8.23. The van der Waals surface area contributed by atoms with Crippen LogP contribution in [0.15, 0.2) is 53.1 Å². The topological polar surface area (TPSA) is 75.4 Å². The highest BCUT2D eigenvalue weighted by atomic mass is 32.2. The van der Waals surface area contributed by atoms with Crippen molar-refractivity contribution in [2.45, 2.75) is 26.1 Å². The number of furan rings is 1. The van der Waals surface area contributed by atoms with Crippen molar-refractivity contribution in [1.82, 2.24) is 15.2 Å². The van der Waals surface area contributed by atoms with Gasteiger partial charge in [0.05, 0.1) is 39.2 Å². The number of nitrogens with one attached hydrogen (secondary N) is 1. The molecule has 0 unspecified atom stereocenters. The van der Waals surface area contributed by atoms with Crippen molar-refractivity contribution in [3.63, 3.8) is 0 Å². The monoisotopic (exact) mass is 545 g/mol. The van der Waals surface area contributed by atoms with Crippen LogP contribution in [0.25, 0.3) is 21.4 Å². The van der Waals surface area contributed by atoms with Crippen molar-refractivity contribution in [1.29, 1.82) is 0 Å². The average Bonchev–Trinajstić information content (AvgIpc) is 3.60. The molecule has 5 rings (SSSR count). The SMILES string of the molecule is Cc1cccc(-c2sc(C)nc2C(=O)N2CSC[C@H]2CNC(=O)c2ccc(C(F)(F)F)c3occc23)c1. The normalized spacial score (nSPS) is 15.9. The molecule has 4 aromatic rings. The van der Waals surface area contributed by atoms with Crippen LogP contribution in [0.2, 0.25) is 0 Å². The van der Waals surface area contributed by atoms with Crippen LogP contribution in [0.5, 0.6) is 0 Å². The van der Waals surface area contributed by atoms with Gasteiger partial charge in [-0.05, 0) is 37.6 Å². The molecule has 0 spiro atoms. The summed E-state index contributed by atoms with van der Waals surface area (Å²) in [6.07, 6.45) is -3.47. The van der Waals surface area contributed by atoms with E-state index in [0.717, 1.165) is 39.4 Å². The van der Waals surface area contributed by atoms with Crippen LogP contribution in [0.3, 0.4) is 0 Å².